The summed E-state index contributed by atoms with van der Waals surface area (Å²) in [4.78, 5) is 24.0. The molecule has 0 amide bonds. The third kappa shape index (κ3) is 4.86. The van der Waals surface area contributed by atoms with Gasteiger partial charge in [0, 0.05) is 0 Å². The van der Waals surface area contributed by atoms with Crippen LogP contribution in [0.1, 0.15) is 60.2 Å². The fourth-order valence-electron chi connectivity index (χ4n) is 2.55. The van der Waals surface area contributed by atoms with E-state index in [1.807, 2.05) is 13.8 Å². The molecule has 0 atom stereocenters. The molecule has 0 aromatic heterocycles. The van der Waals surface area contributed by atoms with Gasteiger partial charge in [0.05, 0.1) is 24.3 Å². The Hall–Kier alpha value is -1.84. The highest BCUT2D eigenvalue weighted by atomic mass is 16.5. The molecular weight excluding hydrogens is 280 g/mol. The van der Waals surface area contributed by atoms with E-state index in [2.05, 4.69) is 0 Å². The van der Waals surface area contributed by atoms with Crippen molar-refractivity contribution in [3.8, 4) is 0 Å². The maximum atomic E-state index is 12.1. The topological polar surface area (TPSA) is 52.6 Å². The quantitative estimate of drug-likeness (QED) is 0.749. The maximum absolute atomic E-state index is 12.1. The molecule has 1 aliphatic carbocycles. The van der Waals surface area contributed by atoms with Gasteiger partial charge in [0.15, 0.2) is 0 Å². The highest BCUT2D eigenvalue weighted by Gasteiger charge is 2.18. The lowest BCUT2D eigenvalue weighted by Gasteiger charge is -2.11. The van der Waals surface area contributed by atoms with Crippen LogP contribution in [0.4, 0.5) is 0 Å². The maximum Gasteiger partial charge on any atom is 0.338 e. The predicted molar refractivity (Wildman–Crippen MR) is 83.8 cm³/mol. The molecule has 2 rings (SSSR count). The van der Waals surface area contributed by atoms with E-state index in [9.17, 15) is 9.59 Å². The van der Waals surface area contributed by atoms with Crippen LogP contribution in [0, 0.1) is 11.8 Å². The Morgan fingerprint density at radius 2 is 1.68 bits per heavy atom. The highest BCUT2D eigenvalue weighted by Crippen LogP contribution is 2.25. The molecule has 22 heavy (non-hydrogen) atoms. The van der Waals surface area contributed by atoms with Crippen molar-refractivity contribution in [1.82, 2.24) is 0 Å². The van der Waals surface area contributed by atoms with Gasteiger partial charge in [-0.2, -0.15) is 0 Å². The number of ether oxygens (including phenoxy) is 2. The van der Waals surface area contributed by atoms with E-state index < -0.39 is 5.97 Å². The van der Waals surface area contributed by atoms with Crippen molar-refractivity contribution in [1.29, 1.82) is 0 Å². The second-order valence-electron chi connectivity index (χ2n) is 6.32. The number of esters is 2. The summed E-state index contributed by atoms with van der Waals surface area (Å²) in [5.41, 5.74) is 0.785. The van der Waals surface area contributed by atoms with Crippen molar-refractivity contribution in [3.05, 3.63) is 35.4 Å². The third-order valence-corrected chi connectivity index (χ3v) is 3.81. The third-order valence-electron chi connectivity index (χ3n) is 3.81. The molecule has 0 saturated heterocycles. The lowest BCUT2D eigenvalue weighted by Crippen LogP contribution is -2.14. The first-order valence-corrected chi connectivity index (χ1v) is 8.00. The van der Waals surface area contributed by atoms with E-state index in [4.69, 9.17) is 9.47 Å². The molecule has 4 heteroatoms. The second-order valence-corrected chi connectivity index (χ2v) is 6.32. The Morgan fingerprint density at radius 3 is 2.27 bits per heavy atom. The van der Waals surface area contributed by atoms with Crippen LogP contribution in [-0.4, -0.2) is 25.2 Å². The Kier molecular flexibility index (Phi) is 5.99. The lowest BCUT2D eigenvalue weighted by molar-refractivity contribution is 0.0442. The second kappa shape index (κ2) is 7.97. The average Bonchev–Trinajstić information content (AvgIpc) is 3.03. The van der Waals surface area contributed by atoms with E-state index in [0.29, 0.717) is 30.3 Å². The molecular formula is C18H24O4. The molecule has 0 N–H and O–H groups in total. The van der Waals surface area contributed by atoms with Crippen LogP contribution in [0.15, 0.2) is 24.3 Å². The van der Waals surface area contributed by atoms with Crippen LogP contribution in [0.3, 0.4) is 0 Å². The van der Waals surface area contributed by atoms with Gasteiger partial charge in [-0.3, -0.25) is 0 Å². The molecule has 0 aliphatic heterocycles. The van der Waals surface area contributed by atoms with E-state index in [0.717, 1.165) is 12.8 Å². The minimum Gasteiger partial charge on any atom is -0.462 e. The number of hydrogen-bond donors (Lipinski definition) is 0. The lowest BCUT2D eigenvalue weighted by atomic mass is 10.1. The van der Waals surface area contributed by atoms with Gasteiger partial charge in [-0.25, -0.2) is 9.59 Å². The van der Waals surface area contributed by atoms with Crippen molar-refractivity contribution in [2.45, 2.75) is 39.5 Å². The zero-order valence-corrected chi connectivity index (χ0v) is 13.3. The van der Waals surface area contributed by atoms with Crippen molar-refractivity contribution >= 4 is 11.9 Å². The first kappa shape index (κ1) is 16.5. The molecule has 1 saturated carbocycles. The standard InChI is InChI=1S/C18H24O4/c1-13(2)11-21-17(19)15-8-5-9-16(10-15)18(20)22-12-14-6-3-4-7-14/h5,8-10,13-14H,3-4,6-7,11-12H2,1-2H3. The molecule has 0 spiro atoms. The Bertz CT molecular complexity index is 516. The van der Waals surface area contributed by atoms with E-state index in [1.54, 1.807) is 24.3 Å². The van der Waals surface area contributed by atoms with Gasteiger partial charge in [0.2, 0.25) is 0 Å². The monoisotopic (exact) mass is 304 g/mol. The molecule has 0 radical (unpaired) electrons. The van der Waals surface area contributed by atoms with Crippen LogP contribution in [0.25, 0.3) is 0 Å². The van der Waals surface area contributed by atoms with Crippen LogP contribution in [0.5, 0.6) is 0 Å². The Labute approximate surface area is 131 Å². The van der Waals surface area contributed by atoms with Gasteiger partial charge in [-0.15, -0.1) is 0 Å². The summed E-state index contributed by atoms with van der Waals surface area (Å²) in [7, 11) is 0. The van der Waals surface area contributed by atoms with Gasteiger partial charge in [-0.05, 0) is 42.9 Å². The zero-order chi connectivity index (χ0) is 15.9. The van der Waals surface area contributed by atoms with Gasteiger partial charge in [0.25, 0.3) is 0 Å². The number of hydrogen-bond acceptors (Lipinski definition) is 4. The van der Waals surface area contributed by atoms with Gasteiger partial charge in [-0.1, -0.05) is 32.8 Å². The van der Waals surface area contributed by atoms with Crippen molar-refractivity contribution in [2.24, 2.45) is 11.8 Å². The summed E-state index contributed by atoms with van der Waals surface area (Å²) in [5.74, 6) is -0.00352. The van der Waals surface area contributed by atoms with Crippen LogP contribution in [0.2, 0.25) is 0 Å². The molecule has 4 nitrogen and oxygen atoms in total. The molecule has 1 aromatic rings. The summed E-state index contributed by atoms with van der Waals surface area (Å²) in [6.45, 7) is 4.80. The highest BCUT2D eigenvalue weighted by molar-refractivity contribution is 5.95. The van der Waals surface area contributed by atoms with Crippen LogP contribution < -0.4 is 0 Å². The first-order chi connectivity index (χ1) is 10.6. The van der Waals surface area contributed by atoms with Crippen molar-refractivity contribution in [2.75, 3.05) is 13.2 Å². The summed E-state index contributed by atoms with van der Waals surface area (Å²) >= 11 is 0. The summed E-state index contributed by atoms with van der Waals surface area (Å²) in [6.07, 6.45) is 4.71. The summed E-state index contributed by atoms with van der Waals surface area (Å²) < 4.78 is 10.5. The van der Waals surface area contributed by atoms with Crippen LogP contribution >= 0.6 is 0 Å². The minimum atomic E-state index is -0.404. The van der Waals surface area contributed by atoms with E-state index in [-0.39, 0.29) is 11.9 Å². The average molecular weight is 304 g/mol. The minimum absolute atomic E-state index is 0.281. The SMILES string of the molecule is CC(C)COC(=O)c1cccc(C(=O)OCC2CCCC2)c1. The molecule has 1 aliphatic rings. The molecule has 1 fully saturated rings. The Balaban J connectivity index is 1.91. The normalized spacial score (nSPS) is 15.0. The number of carbonyl (C=O) groups is 2. The fraction of sp³-hybridized carbons (Fsp3) is 0.556. The van der Waals surface area contributed by atoms with Gasteiger partial charge >= 0.3 is 11.9 Å². The zero-order valence-electron chi connectivity index (χ0n) is 13.3. The Morgan fingerprint density at radius 1 is 1.09 bits per heavy atom. The van der Waals surface area contributed by atoms with E-state index in [1.165, 1.54) is 12.8 Å². The molecule has 0 bridgehead atoms. The van der Waals surface area contributed by atoms with Gasteiger partial charge < -0.3 is 9.47 Å². The van der Waals surface area contributed by atoms with E-state index >= 15 is 0 Å². The largest absolute Gasteiger partial charge is 0.462 e. The predicted octanol–water partition coefficient (Wildman–Crippen LogP) is 3.85. The number of carbonyl (C=O) groups excluding carboxylic acids is 2. The van der Waals surface area contributed by atoms with Gasteiger partial charge in [0.1, 0.15) is 0 Å². The van der Waals surface area contributed by atoms with Crippen molar-refractivity contribution in [3.63, 3.8) is 0 Å². The number of benzene rings is 1. The molecule has 120 valence electrons. The van der Waals surface area contributed by atoms with Crippen molar-refractivity contribution < 1.29 is 19.1 Å². The first-order valence-electron chi connectivity index (χ1n) is 8.00. The molecule has 0 unspecified atom stereocenters. The smallest absolute Gasteiger partial charge is 0.338 e. The fourth-order valence-corrected chi connectivity index (χ4v) is 2.55. The number of rotatable bonds is 6. The summed E-state index contributed by atoms with van der Waals surface area (Å²) in [5, 5.41) is 0. The molecule has 1 aromatic carbocycles. The molecule has 0 heterocycles. The van der Waals surface area contributed by atoms with Crippen LogP contribution in [-0.2, 0) is 9.47 Å². The summed E-state index contributed by atoms with van der Waals surface area (Å²) in [6, 6.07) is 6.53.